The predicted molar refractivity (Wildman–Crippen MR) is 124 cm³/mol. The fourth-order valence-corrected chi connectivity index (χ4v) is 3.97. The van der Waals surface area contributed by atoms with Crippen LogP contribution >= 0.6 is 0 Å². The van der Waals surface area contributed by atoms with Crippen LogP contribution in [-0.2, 0) is 47.0 Å². The molecule has 0 unspecified atom stereocenters. The number of amides is 3. The molecule has 0 aliphatic carbocycles. The van der Waals surface area contributed by atoms with Gasteiger partial charge in [0.25, 0.3) is 21.9 Å². The summed E-state index contributed by atoms with van der Waals surface area (Å²) in [6.45, 7) is -0.128. The van der Waals surface area contributed by atoms with Crippen LogP contribution in [0.25, 0.3) is 10.9 Å². The molecular weight excluding hydrogens is 478 g/mol. The Morgan fingerprint density at radius 1 is 1.03 bits per heavy atom. The van der Waals surface area contributed by atoms with Crippen LogP contribution in [0.2, 0.25) is 0 Å². The first-order valence-corrected chi connectivity index (χ1v) is 12.9. The molecule has 1 aliphatic rings. The maximum Gasteiger partial charge on any atom is 0.333 e. The van der Waals surface area contributed by atoms with Crippen LogP contribution in [0.15, 0.2) is 30.5 Å². The number of hydrogen-bond acceptors (Lipinski definition) is 8. The summed E-state index contributed by atoms with van der Waals surface area (Å²) >= 11 is 0. The van der Waals surface area contributed by atoms with E-state index in [9.17, 15) is 27.6 Å². The number of pyridine rings is 1. The molecule has 35 heavy (non-hydrogen) atoms. The number of hydrogen-bond donors (Lipinski definition) is 2. The molecule has 188 valence electrons. The zero-order valence-corrected chi connectivity index (χ0v) is 19.9. The zero-order valence-electron chi connectivity index (χ0n) is 19.1. The van der Waals surface area contributed by atoms with Crippen LogP contribution in [0, 0.1) is 0 Å². The van der Waals surface area contributed by atoms with Gasteiger partial charge in [0.05, 0.1) is 11.3 Å². The summed E-state index contributed by atoms with van der Waals surface area (Å²) in [5, 5.41) is 3.94. The van der Waals surface area contributed by atoms with Crippen LogP contribution in [0.4, 0.5) is 0 Å². The van der Waals surface area contributed by atoms with E-state index in [1.807, 2.05) is 24.3 Å². The highest BCUT2D eigenvalue weighted by Gasteiger charge is 2.32. The minimum Gasteiger partial charge on any atom is -0.355 e. The first-order valence-electron chi connectivity index (χ1n) is 11.3. The molecule has 0 radical (unpaired) electrons. The van der Waals surface area contributed by atoms with E-state index in [1.165, 1.54) is 0 Å². The largest absolute Gasteiger partial charge is 0.355 e. The Hall–Kier alpha value is -3.38. The SMILES string of the molecule is O=C(CCCc1cnc2cc(CCCC(=O)ON3C(=O)CCC3=O)ccc2c1)NCCS(=O)(=O)O. The van der Waals surface area contributed by atoms with Crippen molar-refractivity contribution in [2.45, 2.75) is 51.4 Å². The number of carbonyl (C=O) groups is 4. The lowest BCUT2D eigenvalue weighted by Crippen LogP contribution is -2.31. The van der Waals surface area contributed by atoms with Crippen molar-refractivity contribution in [2.24, 2.45) is 0 Å². The lowest BCUT2D eigenvalue weighted by atomic mass is 10.0. The van der Waals surface area contributed by atoms with E-state index in [4.69, 9.17) is 9.39 Å². The Morgan fingerprint density at radius 2 is 1.71 bits per heavy atom. The number of nitrogens with zero attached hydrogens (tertiary/aromatic N) is 2. The normalized spacial score (nSPS) is 13.9. The molecule has 2 aromatic rings. The number of aromatic nitrogens is 1. The van der Waals surface area contributed by atoms with Gasteiger partial charge in [0.1, 0.15) is 0 Å². The van der Waals surface area contributed by atoms with Gasteiger partial charge in [-0.25, -0.2) is 4.79 Å². The summed E-state index contributed by atoms with van der Waals surface area (Å²) in [5.74, 6) is -2.41. The highest BCUT2D eigenvalue weighted by molar-refractivity contribution is 7.85. The lowest BCUT2D eigenvalue weighted by molar-refractivity contribution is -0.197. The van der Waals surface area contributed by atoms with E-state index in [2.05, 4.69) is 10.3 Å². The molecule has 3 rings (SSSR count). The summed E-state index contributed by atoms with van der Waals surface area (Å²) in [6.07, 6.45) is 4.45. The van der Waals surface area contributed by atoms with Crippen molar-refractivity contribution >= 4 is 44.7 Å². The Kier molecular flexibility index (Phi) is 8.88. The van der Waals surface area contributed by atoms with Crippen molar-refractivity contribution in [3.63, 3.8) is 0 Å². The molecule has 0 atom stereocenters. The maximum atomic E-state index is 11.9. The molecule has 1 aliphatic heterocycles. The number of benzene rings is 1. The number of imide groups is 1. The van der Waals surface area contributed by atoms with Gasteiger partial charge in [0, 0.05) is 43.8 Å². The molecule has 1 aromatic heterocycles. The fraction of sp³-hybridized carbons (Fsp3) is 0.435. The number of carbonyl (C=O) groups excluding carboxylic acids is 4. The zero-order chi connectivity index (χ0) is 25.4. The number of hydroxylamine groups is 2. The van der Waals surface area contributed by atoms with Crippen LogP contribution in [0.1, 0.15) is 49.7 Å². The Balaban J connectivity index is 1.42. The molecule has 0 bridgehead atoms. The smallest absolute Gasteiger partial charge is 0.333 e. The van der Waals surface area contributed by atoms with Crippen molar-refractivity contribution < 1.29 is 37.0 Å². The van der Waals surface area contributed by atoms with Crippen molar-refractivity contribution in [3.05, 3.63) is 41.6 Å². The van der Waals surface area contributed by atoms with Gasteiger partial charge in [-0.15, -0.1) is 5.06 Å². The third kappa shape index (κ3) is 8.41. The van der Waals surface area contributed by atoms with Crippen molar-refractivity contribution in [1.29, 1.82) is 0 Å². The number of rotatable bonds is 12. The van der Waals surface area contributed by atoms with Gasteiger partial charge < -0.3 is 10.2 Å². The van der Waals surface area contributed by atoms with E-state index in [0.717, 1.165) is 22.0 Å². The Bertz CT molecular complexity index is 1210. The first-order chi connectivity index (χ1) is 16.6. The average molecular weight is 506 g/mol. The molecule has 1 aromatic carbocycles. The second-order valence-corrected chi connectivity index (χ2v) is 9.83. The van der Waals surface area contributed by atoms with Crippen molar-refractivity contribution in [3.8, 4) is 0 Å². The lowest BCUT2D eigenvalue weighted by Gasteiger charge is -2.12. The van der Waals surface area contributed by atoms with E-state index in [-0.39, 0.29) is 38.1 Å². The minimum absolute atomic E-state index is 0.0624. The Morgan fingerprint density at radius 3 is 2.43 bits per heavy atom. The standard InChI is InChI=1S/C23H27N3O8S/c27-20(24-11-12-35(31,32)33)5-1-4-17-13-18-8-7-16(14-19(18)25-15-17)3-2-6-23(30)34-26-21(28)9-10-22(26)29/h7-8,13-15H,1-6,9-12H2,(H,24,27)(H,31,32,33). The summed E-state index contributed by atoms with van der Waals surface area (Å²) in [5.41, 5.74) is 2.75. The summed E-state index contributed by atoms with van der Waals surface area (Å²) < 4.78 is 30.0. The van der Waals surface area contributed by atoms with Crippen molar-refractivity contribution in [1.82, 2.24) is 15.4 Å². The Labute approximate surface area is 202 Å². The predicted octanol–water partition coefficient (Wildman–Crippen LogP) is 1.49. The van der Waals surface area contributed by atoms with Gasteiger partial charge in [-0.05, 0) is 48.9 Å². The van der Waals surface area contributed by atoms with E-state index < -0.39 is 33.7 Å². The second-order valence-electron chi connectivity index (χ2n) is 8.26. The van der Waals surface area contributed by atoms with Crippen LogP contribution < -0.4 is 5.32 Å². The minimum atomic E-state index is -4.09. The third-order valence-electron chi connectivity index (χ3n) is 5.40. The molecular formula is C23H27N3O8S. The second kappa shape index (κ2) is 11.8. The average Bonchev–Trinajstić information content (AvgIpc) is 3.10. The molecule has 3 amide bonds. The van der Waals surface area contributed by atoms with Crippen molar-refractivity contribution in [2.75, 3.05) is 12.3 Å². The quantitative estimate of drug-likeness (QED) is 0.322. The number of aryl methyl sites for hydroxylation is 2. The summed E-state index contributed by atoms with van der Waals surface area (Å²) in [4.78, 5) is 56.0. The van der Waals surface area contributed by atoms with Crippen LogP contribution in [0.5, 0.6) is 0 Å². The maximum absolute atomic E-state index is 11.9. The molecule has 0 spiro atoms. The van der Waals surface area contributed by atoms with E-state index in [0.29, 0.717) is 30.7 Å². The molecule has 11 nitrogen and oxygen atoms in total. The van der Waals surface area contributed by atoms with Gasteiger partial charge in [-0.2, -0.15) is 8.42 Å². The molecule has 0 saturated carbocycles. The first kappa shape index (κ1) is 26.2. The molecule has 2 heterocycles. The summed E-state index contributed by atoms with van der Waals surface area (Å²) in [7, 11) is -4.09. The van der Waals surface area contributed by atoms with Gasteiger partial charge in [-0.1, -0.05) is 12.1 Å². The van der Waals surface area contributed by atoms with Crippen LogP contribution in [-0.4, -0.2) is 59.0 Å². The monoisotopic (exact) mass is 505 g/mol. The summed E-state index contributed by atoms with van der Waals surface area (Å²) in [6, 6.07) is 7.79. The van der Waals surface area contributed by atoms with Crippen LogP contribution in [0.3, 0.4) is 0 Å². The number of fused-ring (bicyclic) bond motifs is 1. The van der Waals surface area contributed by atoms with Gasteiger partial charge in [0.2, 0.25) is 5.91 Å². The van der Waals surface area contributed by atoms with Gasteiger partial charge >= 0.3 is 5.97 Å². The highest BCUT2D eigenvalue weighted by atomic mass is 32.2. The highest BCUT2D eigenvalue weighted by Crippen LogP contribution is 2.19. The molecule has 1 saturated heterocycles. The molecule has 2 N–H and O–H groups in total. The molecule has 12 heteroatoms. The topological polar surface area (TPSA) is 160 Å². The number of nitrogens with one attached hydrogen (secondary N) is 1. The molecule has 1 fully saturated rings. The fourth-order valence-electron chi connectivity index (χ4n) is 3.61. The van der Waals surface area contributed by atoms with Gasteiger partial charge in [0.15, 0.2) is 0 Å². The third-order valence-corrected chi connectivity index (χ3v) is 6.12. The van der Waals surface area contributed by atoms with E-state index >= 15 is 0 Å². The van der Waals surface area contributed by atoms with Gasteiger partial charge in [-0.3, -0.25) is 23.9 Å². The van der Waals surface area contributed by atoms with E-state index in [1.54, 1.807) is 6.20 Å².